The number of thiophene rings is 1. The van der Waals surface area contributed by atoms with E-state index < -0.39 is 23.5 Å². The average Bonchev–Trinajstić information content (AvgIpc) is 3.62. The number of ether oxygens (including phenoxy) is 1. The van der Waals surface area contributed by atoms with Crippen LogP contribution in [-0.2, 0) is 6.18 Å². The Morgan fingerprint density at radius 1 is 0.957 bits per heavy atom. The van der Waals surface area contributed by atoms with Gasteiger partial charge in [-0.15, -0.1) is 11.3 Å². The van der Waals surface area contributed by atoms with Crippen molar-refractivity contribution in [3.63, 3.8) is 0 Å². The van der Waals surface area contributed by atoms with Gasteiger partial charge in [0.15, 0.2) is 5.95 Å². The van der Waals surface area contributed by atoms with E-state index in [-0.39, 0.29) is 16.3 Å². The molecule has 0 radical (unpaired) electrons. The smallest absolute Gasteiger partial charge is 0.416 e. The average molecular weight is 639 g/mol. The third-order valence-corrected chi connectivity index (χ3v) is 8.73. The summed E-state index contributed by atoms with van der Waals surface area (Å²) >= 11 is 0.972. The lowest BCUT2D eigenvalue weighted by Crippen LogP contribution is -2.39. The number of fused-ring (bicyclic) bond motifs is 2. The van der Waals surface area contributed by atoms with Crippen molar-refractivity contribution in [2.24, 2.45) is 0 Å². The van der Waals surface area contributed by atoms with E-state index in [9.17, 15) is 23.1 Å². The molecule has 0 aliphatic heterocycles. The molecule has 7 aromatic rings. The number of aromatic nitrogens is 3. The molecule has 0 aliphatic carbocycles. The molecule has 0 aliphatic rings. The summed E-state index contributed by atoms with van der Waals surface area (Å²) in [4.78, 5) is 19.2. The van der Waals surface area contributed by atoms with Crippen LogP contribution in [-0.4, -0.2) is 23.1 Å². The number of halogens is 3. The van der Waals surface area contributed by atoms with Crippen LogP contribution in [0.4, 0.5) is 18.9 Å². The number of methoxy groups -OCH3 is 1. The normalized spacial score (nSPS) is 11.7. The Labute approximate surface area is 262 Å². The molecular weight excluding hydrogens is 617 g/mol. The fourth-order valence-corrected chi connectivity index (χ4v) is 6.45. The number of hydrogen-bond acceptors (Lipinski definition) is 8. The summed E-state index contributed by atoms with van der Waals surface area (Å²) in [6.07, 6.45) is -4.52. The van der Waals surface area contributed by atoms with Gasteiger partial charge in [0.05, 0.1) is 29.3 Å². The van der Waals surface area contributed by atoms with Crippen molar-refractivity contribution < 1.29 is 37.0 Å². The number of anilines is 1. The van der Waals surface area contributed by atoms with E-state index in [2.05, 4.69) is 5.27 Å². The lowest BCUT2D eigenvalue weighted by Gasteiger charge is -2.12. The van der Waals surface area contributed by atoms with E-state index in [1.54, 1.807) is 30.3 Å². The highest BCUT2D eigenvalue weighted by atomic mass is 32.1. The Bertz CT molecular complexity index is 2270. The standard InChI is InChI=1S/C34H21F3N4O4S/c1-44-22-15-13-21(14-16-22)41-29(33(43)45-40-41)30(42)31-28(38)27-25(19-9-11-20(12-10-19)34(35,36)37)17-26(39-32(27)46-31)24-8-4-6-18-5-2-3-7-23(18)24/h2-17H,1H3,(H2-,38,40,42,43). The number of hydrogen-bond donors (Lipinski definition) is 1. The third-order valence-electron chi connectivity index (χ3n) is 7.64. The molecule has 0 fully saturated rings. The van der Waals surface area contributed by atoms with Crippen molar-refractivity contribution in [1.82, 2.24) is 10.3 Å². The second kappa shape index (κ2) is 11.0. The van der Waals surface area contributed by atoms with Gasteiger partial charge in [-0.2, -0.15) is 13.2 Å². The zero-order valence-electron chi connectivity index (χ0n) is 23.8. The van der Waals surface area contributed by atoms with Crippen LogP contribution in [0.25, 0.3) is 49.1 Å². The van der Waals surface area contributed by atoms with Gasteiger partial charge in [0.25, 0.3) is 5.78 Å². The SMILES string of the molecule is COc1ccc(-[n+]2noc([O-])c2C(=O)c2sc3nc(-c4cccc5ccccc45)cc(-c4ccc(C(F)(F)F)cc4)c3c2N)cc1. The van der Waals surface area contributed by atoms with Crippen LogP contribution in [0.2, 0.25) is 0 Å². The minimum Gasteiger partial charge on any atom is -0.539 e. The second-order valence-corrected chi connectivity index (χ2v) is 11.3. The number of carbonyl (C=O) groups is 1. The first-order chi connectivity index (χ1) is 22.1. The maximum absolute atomic E-state index is 14.0. The number of pyridine rings is 1. The predicted octanol–water partition coefficient (Wildman–Crippen LogP) is 6.96. The van der Waals surface area contributed by atoms with Crippen LogP contribution in [0.1, 0.15) is 20.9 Å². The summed E-state index contributed by atoms with van der Waals surface area (Å²) in [6.45, 7) is 0. The molecule has 12 heteroatoms. The van der Waals surface area contributed by atoms with Crippen LogP contribution in [0.15, 0.2) is 102 Å². The number of nitrogen functional groups attached to an aromatic ring is 1. The van der Waals surface area contributed by atoms with Gasteiger partial charge < -0.3 is 20.1 Å². The largest absolute Gasteiger partial charge is 0.539 e. The summed E-state index contributed by atoms with van der Waals surface area (Å²) in [6, 6.07) is 26.4. The maximum atomic E-state index is 14.0. The van der Waals surface area contributed by atoms with E-state index in [1.807, 2.05) is 42.5 Å². The van der Waals surface area contributed by atoms with Gasteiger partial charge in [-0.05, 0) is 56.9 Å². The molecule has 0 amide bonds. The third kappa shape index (κ3) is 4.88. The molecule has 0 saturated heterocycles. The monoisotopic (exact) mass is 638 g/mol. The van der Waals surface area contributed by atoms with Crippen molar-refractivity contribution in [2.45, 2.75) is 6.18 Å². The molecule has 8 nitrogen and oxygen atoms in total. The number of alkyl halides is 3. The molecule has 0 atom stereocenters. The highest BCUT2D eigenvalue weighted by molar-refractivity contribution is 7.21. The fourth-order valence-electron chi connectivity index (χ4n) is 5.39. The Kier molecular flexibility index (Phi) is 6.93. The van der Waals surface area contributed by atoms with Gasteiger partial charge in [0, 0.05) is 23.1 Å². The molecule has 0 saturated carbocycles. The van der Waals surface area contributed by atoms with Crippen LogP contribution in [0.5, 0.6) is 11.7 Å². The first-order valence-corrected chi connectivity index (χ1v) is 14.6. The molecule has 0 bridgehead atoms. The summed E-state index contributed by atoms with van der Waals surface area (Å²) in [5.74, 6) is -1.15. The number of ketones is 1. The topological polar surface area (TPSA) is 118 Å². The Morgan fingerprint density at radius 3 is 2.39 bits per heavy atom. The molecule has 3 heterocycles. The van der Waals surface area contributed by atoms with Crippen molar-refractivity contribution in [3.05, 3.63) is 113 Å². The molecule has 228 valence electrons. The van der Waals surface area contributed by atoms with E-state index in [0.29, 0.717) is 38.5 Å². The lowest BCUT2D eigenvalue weighted by molar-refractivity contribution is -0.672. The minimum absolute atomic E-state index is 0.00768. The lowest BCUT2D eigenvalue weighted by atomic mass is 9.96. The number of rotatable bonds is 6. The van der Waals surface area contributed by atoms with Crippen molar-refractivity contribution >= 4 is 43.8 Å². The predicted molar refractivity (Wildman–Crippen MR) is 165 cm³/mol. The van der Waals surface area contributed by atoms with E-state index in [4.69, 9.17) is 20.0 Å². The minimum atomic E-state index is -4.52. The molecule has 0 spiro atoms. The van der Waals surface area contributed by atoms with Crippen LogP contribution in [0.3, 0.4) is 0 Å². The van der Waals surface area contributed by atoms with Crippen LogP contribution < -0.4 is 20.3 Å². The molecule has 3 aromatic heterocycles. The van der Waals surface area contributed by atoms with Gasteiger partial charge in [0.1, 0.15) is 15.5 Å². The molecule has 46 heavy (non-hydrogen) atoms. The van der Waals surface area contributed by atoms with Crippen LogP contribution in [0, 0.1) is 0 Å². The summed E-state index contributed by atoms with van der Waals surface area (Å²) in [5.41, 5.74) is 8.07. The van der Waals surface area contributed by atoms with Gasteiger partial charge in [0.2, 0.25) is 5.69 Å². The van der Waals surface area contributed by atoms with Gasteiger partial charge in [-0.1, -0.05) is 54.6 Å². The second-order valence-electron chi connectivity index (χ2n) is 10.3. The van der Waals surface area contributed by atoms with Crippen molar-refractivity contribution in [1.29, 1.82) is 0 Å². The molecule has 4 aromatic carbocycles. The number of nitrogens with zero attached hydrogens (tertiary/aromatic N) is 3. The molecular formula is C34H21F3N4O4S. The molecule has 7 rings (SSSR count). The van der Waals surface area contributed by atoms with Crippen molar-refractivity contribution in [2.75, 3.05) is 12.8 Å². The Hall–Kier alpha value is -5.75. The fraction of sp³-hybridized carbons (Fsp3) is 0.0588. The van der Waals surface area contributed by atoms with Gasteiger partial charge in [-0.3, -0.25) is 4.79 Å². The summed E-state index contributed by atoms with van der Waals surface area (Å²) in [7, 11) is 1.51. The first-order valence-electron chi connectivity index (χ1n) is 13.8. The summed E-state index contributed by atoms with van der Waals surface area (Å²) in [5, 5.41) is 18.8. The highest BCUT2D eigenvalue weighted by Crippen LogP contribution is 2.43. The quantitative estimate of drug-likeness (QED) is 0.155. The van der Waals surface area contributed by atoms with E-state index >= 15 is 0 Å². The zero-order chi connectivity index (χ0) is 32.2. The number of nitrogens with two attached hydrogens (primary N) is 1. The van der Waals surface area contributed by atoms with Gasteiger partial charge >= 0.3 is 11.9 Å². The summed E-state index contributed by atoms with van der Waals surface area (Å²) < 4.78 is 51.4. The van der Waals surface area contributed by atoms with E-state index in [1.165, 1.54) is 19.2 Å². The maximum Gasteiger partial charge on any atom is 0.416 e. The Morgan fingerprint density at radius 2 is 1.67 bits per heavy atom. The Balaban J connectivity index is 1.43. The van der Waals surface area contributed by atoms with E-state index in [0.717, 1.165) is 44.5 Å². The van der Waals surface area contributed by atoms with Gasteiger partial charge in [-0.25, -0.2) is 4.98 Å². The molecule has 2 N–H and O–H groups in total. The first kappa shape index (κ1) is 29.0. The van der Waals surface area contributed by atoms with Crippen LogP contribution >= 0.6 is 11.3 Å². The number of carbonyl (C=O) groups excluding carboxylic acids is 1. The number of benzene rings is 4. The highest BCUT2D eigenvalue weighted by Gasteiger charge is 2.33. The molecule has 0 unspecified atom stereocenters. The zero-order valence-corrected chi connectivity index (χ0v) is 24.6. The van der Waals surface area contributed by atoms with Crippen molar-refractivity contribution in [3.8, 4) is 39.8 Å².